The molecule has 0 atom stereocenters. The largest absolute Gasteiger partial charge is 0.325 e. The van der Waals surface area contributed by atoms with Crippen molar-refractivity contribution in [3.63, 3.8) is 0 Å². The number of amides is 3. The predicted molar refractivity (Wildman–Crippen MR) is 113 cm³/mol. The smallest absolute Gasteiger partial charge is 0.323 e. The second-order valence-corrected chi connectivity index (χ2v) is 8.24. The van der Waals surface area contributed by atoms with E-state index >= 15 is 0 Å². The average Bonchev–Trinajstić information content (AvgIpc) is 3.19. The fourth-order valence-corrected chi connectivity index (χ4v) is 4.58. The molecule has 5 rings (SSSR count). The van der Waals surface area contributed by atoms with Gasteiger partial charge in [0.25, 0.3) is 5.91 Å². The second kappa shape index (κ2) is 7.25. The zero-order valence-corrected chi connectivity index (χ0v) is 17.0. The molecular formula is C23H25N5O2. The van der Waals surface area contributed by atoms with Crippen LogP contribution in [0, 0.1) is 6.92 Å². The number of carbonyl (C=O) groups excluding carboxylic acids is 2. The Kier molecular flexibility index (Phi) is 4.55. The van der Waals surface area contributed by atoms with Crippen LogP contribution >= 0.6 is 0 Å². The molecule has 2 saturated heterocycles. The fraction of sp³-hybridized carbons (Fsp3) is 0.348. The second-order valence-electron chi connectivity index (χ2n) is 8.24. The Hall–Kier alpha value is -3.19. The highest BCUT2D eigenvalue weighted by molar-refractivity contribution is 6.07. The minimum atomic E-state index is -0.767. The number of benzene rings is 1. The molecule has 2 aromatic heterocycles. The van der Waals surface area contributed by atoms with Crippen LogP contribution in [0.3, 0.4) is 0 Å². The highest BCUT2D eigenvalue weighted by Crippen LogP contribution is 2.31. The standard InChI is InChI=1S/C23H25N5O2/c1-17-19(27-12-6-5-9-20(27)24-17)16-26-13-10-23(11-14-26)21(29)28(22(30)25-23)15-18-7-3-2-4-8-18/h2-9,12H,10-11,13-16H2,1H3,(H,25,30). The Labute approximate surface area is 175 Å². The maximum Gasteiger partial charge on any atom is 0.325 e. The molecule has 0 radical (unpaired) electrons. The van der Waals surface area contributed by atoms with E-state index in [-0.39, 0.29) is 11.9 Å². The quantitative estimate of drug-likeness (QED) is 0.680. The molecule has 30 heavy (non-hydrogen) atoms. The molecule has 7 nitrogen and oxygen atoms in total. The topological polar surface area (TPSA) is 70.0 Å². The lowest BCUT2D eigenvalue weighted by atomic mass is 9.87. The summed E-state index contributed by atoms with van der Waals surface area (Å²) < 4.78 is 2.13. The lowest BCUT2D eigenvalue weighted by Gasteiger charge is -2.37. The van der Waals surface area contributed by atoms with Crippen LogP contribution in [0.4, 0.5) is 4.79 Å². The van der Waals surface area contributed by atoms with Gasteiger partial charge in [-0.2, -0.15) is 0 Å². The van der Waals surface area contributed by atoms with Crippen molar-refractivity contribution in [2.45, 2.75) is 38.4 Å². The van der Waals surface area contributed by atoms with Crippen molar-refractivity contribution < 1.29 is 9.59 Å². The summed E-state index contributed by atoms with van der Waals surface area (Å²) in [4.78, 5) is 34.1. The molecule has 2 aliphatic heterocycles. The number of fused-ring (bicyclic) bond motifs is 1. The number of aromatic nitrogens is 2. The third-order valence-corrected chi connectivity index (χ3v) is 6.34. The molecule has 4 heterocycles. The number of rotatable bonds is 4. The van der Waals surface area contributed by atoms with Crippen LogP contribution in [0.25, 0.3) is 5.65 Å². The van der Waals surface area contributed by atoms with Gasteiger partial charge in [0.15, 0.2) is 0 Å². The number of piperidine rings is 1. The molecule has 1 N–H and O–H groups in total. The van der Waals surface area contributed by atoms with Gasteiger partial charge in [0.1, 0.15) is 11.2 Å². The van der Waals surface area contributed by atoms with Gasteiger partial charge < -0.3 is 9.72 Å². The van der Waals surface area contributed by atoms with Gasteiger partial charge in [-0.05, 0) is 37.5 Å². The van der Waals surface area contributed by atoms with E-state index in [9.17, 15) is 9.59 Å². The van der Waals surface area contributed by atoms with Gasteiger partial charge in [0.2, 0.25) is 0 Å². The third kappa shape index (κ3) is 3.15. The number of pyridine rings is 1. The van der Waals surface area contributed by atoms with Crippen molar-refractivity contribution in [1.29, 1.82) is 0 Å². The van der Waals surface area contributed by atoms with E-state index in [4.69, 9.17) is 0 Å². The maximum atomic E-state index is 13.2. The SMILES string of the molecule is Cc1nc2ccccn2c1CN1CCC2(CC1)NC(=O)N(Cc1ccccc1)C2=O. The molecule has 7 heteroatoms. The molecule has 3 aromatic rings. The summed E-state index contributed by atoms with van der Waals surface area (Å²) in [6, 6.07) is 15.4. The number of aryl methyl sites for hydroxylation is 1. The Morgan fingerprint density at radius 3 is 2.50 bits per heavy atom. The molecule has 0 aliphatic carbocycles. The average molecular weight is 403 g/mol. The lowest BCUT2D eigenvalue weighted by molar-refractivity contribution is -0.133. The highest BCUT2D eigenvalue weighted by Gasteiger charge is 2.52. The maximum absolute atomic E-state index is 13.2. The molecule has 154 valence electrons. The molecule has 2 aliphatic rings. The lowest BCUT2D eigenvalue weighted by Crippen LogP contribution is -2.54. The van der Waals surface area contributed by atoms with E-state index in [1.807, 2.05) is 61.7 Å². The van der Waals surface area contributed by atoms with E-state index < -0.39 is 5.54 Å². The van der Waals surface area contributed by atoms with E-state index in [0.717, 1.165) is 36.5 Å². The number of urea groups is 1. The minimum Gasteiger partial charge on any atom is -0.323 e. The Morgan fingerprint density at radius 2 is 1.73 bits per heavy atom. The van der Waals surface area contributed by atoms with Crippen LogP contribution in [0.1, 0.15) is 29.8 Å². The summed E-state index contributed by atoms with van der Waals surface area (Å²) in [5.41, 5.74) is 3.35. The monoisotopic (exact) mass is 403 g/mol. The number of hydrogen-bond donors (Lipinski definition) is 1. The summed E-state index contributed by atoms with van der Waals surface area (Å²) in [5, 5.41) is 3.00. The van der Waals surface area contributed by atoms with E-state index in [1.165, 1.54) is 10.6 Å². The van der Waals surface area contributed by atoms with Gasteiger partial charge >= 0.3 is 6.03 Å². The van der Waals surface area contributed by atoms with Crippen molar-refractivity contribution in [3.8, 4) is 0 Å². The Morgan fingerprint density at radius 1 is 1.00 bits per heavy atom. The summed E-state index contributed by atoms with van der Waals surface area (Å²) in [5.74, 6) is -0.0954. The van der Waals surface area contributed by atoms with Crippen molar-refractivity contribution >= 4 is 17.6 Å². The van der Waals surface area contributed by atoms with Gasteiger partial charge in [-0.15, -0.1) is 0 Å². The molecule has 0 saturated carbocycles. The number of nitrogens with zero attached hydrogens (tertiary/aromatic N) is 4. The van der Waals surface area contributed by atoms with Crippen LogP contribution in [0.5, 0.6) is 0 Å². The Bertz CT molecular complexity index is 1100. The van der Waals surface area contributed by atoms with Gasteiger partial charge in [-0.25, -0.2) is 9.78 Å². The summed E-state index contributed by atoms with van der Waals surface area (Å²) in [6.45, 7) is 4.65. The first kappa shape index (κ1) is 18.8. The van der Waals surface area contributed by atoms with E-state index in [2.05, 4.69) is 19.6 Å². The predicted octanol–water partition coefficient (Wildman–Crippen LogP) is 2.73. The summed E-state index contributed by atoms with van der Waals surface area (Å²) in [7, 11) is 0. The van der Waals surface area contributed by atoms with E-state index in [1.54, 1.807) is 0 Å². The first-order chi connectivity index (χ1) is 14.6. The number of nitrogens with one attached hydrogen (secondary N) is 1. The zero-order chi connectivity index (χ0) is 20.7. The first-order valence-electron chi connectivity index (χ1n) is 10.4. The van der Waals surface area contributed by atoms with Crippen molar-refractivity contribution in [3.05, 3.63) is 71.7 Å². The van der Waals surface area contributed by atoms with Gasteiger partial charge in [-0.1, -0.05) is 36.4 Å². The summed E-state index contributed by atoms with van der Waals surface area (Å²) >= 11 is 0. The van der Waals surface area contributed by atoms with Gasteiger partial charge in [-0.3, -0.25) is 14.6 Å². The fourth-order valence-electron chi connectivity index (χ4n) is 4.58. The number of imide groups is 1. The van der Waals surface area contributed by atoms with Crippen LogP contribution in [0.15, 0.2) is 54.7 Å². The Balaban J connectivity index is 1.28. The van der Waals surface area contributed by atoms with Crippen LogP contribution in [-0.2, 0) is 17.9 Å². The molecule has 1 aromatic carbocycles. The van der Waals surface area contributed by atoms with E-state index in [0.29, 0.717) is 19.4 Å². The van der Waals surface area contributed by atoms with Crippen molar-refractivity contribution in [2.24, 2.45) is 0 Å². The first-order valence-corrected chi connectivity index (χ1v) is 10.4. The number of imidazole rings is 1. The molecule has 3 amide bonds. The summed E-state index contributed by atoms with van der Waals surface area (Å²) in [6.07, 6.45) is 3.29. The number of carbonyl (C=O) groups is 2. The van der Waals surface area contributed by atoms with Crippen LogP contribution < -0.4 is 5.32 Å². The molecule has 0 bridgehead atoms. The van der Waals surface area contributed by atoms with Gasteiger partial charge in [0.05, 0.1) is 17.9 Å². The molecule has 1 spiro atoms. The molecule has 2 fully saturated rings. The minimum absolute atomic E-state index is 0.0954. The molecular weight excluding hydrogens is 378 g/mol. The molecule has 0 unspecified atom stereocenters. The van der Waals surface area contributed by atoms with Gasteiger partial charge in [0, 0.05) is 25.8 Å². The highest BCUT2D eigenvalue weighted by atomic mass is 16.2. The van der Waals surface area contributed by atoms with Crippen LogP contribution in [0.2, 0.25) is 0 Å². The zero-order valence-electron chi connectivity index (χ0n) is 17.0. The van der Waals surface area contributed by atoms with Crippen molar-refractivity contribution in [2.75, 3.05) is 13.1 Å². The van der Waals surface area contributed by atoms with Crippen LogP contribution in [-0.4, -0.2) is 49.8 Å². The third-order valence-electron chi connectivity index (χ3n) is 6.34. The number of hydrogen-bond acceptors (Lipinski definition) is 4. The normalized spacial score (nSPS) is 19.0. The number of likely N-dealkylation sites (tertiary alicyclic amines) is 1. The van der Waals surface area contributed by atoms with Crippen molar-refractivity contribution in [1.82, 2.24) is 24.5 Å².